The Morgan fingerprint density at radius 2 is 1.86 bits per heavy atom. The van der Waals surface area contributed by atoms with Crippen LogP contribution >= 0.6 is 11.8 Å². The van der Waals surface area contributed by atoms with Gasteiger partial charge in [0.1, 0.15) is 0 Å². The van der Waals surface area contributed by atoms with Crippen molar-refractivity contribution in [1.82, 2.24) is 4.90 Å². The number of nitrogens with one attached hydrogen (secondary N) is 1. The van der Waals surface area contributed by atoms with Gasteiger partial charge in [-0.1, -0.05) is 31.0 Å². The molecule has 1 N–H and O–H groups in total. The van der Waals surface area contributed by atoms with Crippen LogP contribution in [-0.2, 0) is 0 Å². The highest BCUT2D eigenvalue weighted by Gasteiger charge is 2.39. The van der Waals surface area contributed by atoms with Crippen LogP contribution in [0.5, 0.6) is 0 Å². The Balaban J connectivity index is 0.000000980. The third-order valence-electron chi connectivity index (χ3n) is 3.61. The van der Waals surface area contributed by atoms with Crippen LogP contribution in [0.3, 0.4) is 0 Å². The summed E-state index contributed by atoms with van der Waals surface area (Å²) < 4.78 is 0. The Morgan fingerprint density at radius 3 is 2.50 bits per heavy atom. The lowest BCUT2D eigenvalue weighted by Crippen LogP contribution is -3.00. The van der Waals surface area contributed by atoms with Crippen molar-refractivity contribution in [3.63, 3.8) is 0 Å². The number of hydrogen-bond donors (Lipinski definition) is 1. The topological polar surface area (TPSA) is 27.1 Å². The molecule has 0 radical (unpaired) electrons. The summed E-state index contributed by atoms with van der Waals surface area (Å²) in [7, 11) is 2.11. The zero-order valence-corrected chi connectivity index (χ0v) is 10.3. The Kier molecular flexibility index (Phi) is 4.14. The smallest absolute Gasteiger partial charge is 0.156 e. The van der Waals surface area contributed by atoms with Crippen LogP contribution in [0.1, 0.15) is 38.5 Å². The molecule has 0 amide bonds. The van der Waals surface area contributed by atoms with Crippen molar-refractivity contribution < 1.29 is 12.4 Å². The molecule has 1 saturated carbocycles. The molecular weight excluding hydrogens is 216 g/mol. The summed E-state index contributed by atoms with van der Waals surface area (Å²) in [4.78, 5) is 2.24. The summed E-state index contributed by atoms with van der Waals surface area (Å²) >= 11 is 1.70. The Labute approximate surface area is 96.7 Å². The van der Waals surface area contributed by atoms with E-state index in [1.54, 1.807) is 11.8 Å². The molecule has 2 nitrogen and oxygen atoms in total. The minimum absolute atomic E-state index is 0. The average molecular weight is 234 g/mol. The number of hydrogen-bond acceptors (Lipinski definition) is 2. The lowest BCUT2D eigenvalue weighted by Gasteiger charge is -2.48. The van der Waals surface area contributed by atoms with E-state index in [2.05, 4.69) is 11.9 Å². The quantitative estimate of drug-likeness (QED) is 0.622. The molecule has 2 rings (SSSR count). The van der Waals surface area contributed by atoms with Gasteiger partial charge in [0.25, 0.3) is 0 Å². The molecular formula is C10H18ClN2S-. The fourth-order valence-electron chi connectivity index (χ4n) is 2.61. The molecule has 0 bridgehead atoms. The molecule has 1 aliphatic carbocycles. The summed E-state index contributed by atoms with van der Waals surface area (Å²) in [5, 5.41) is 8.63. The second kappa shape index (κ2) is 4.75. The first-order valence-electron chi connectivity index (χ1n) is 5.20. The highest BCUT2D eigenvalue weighted by Crippen LogP contribution is 2.40. The van der Waals surface area contributed by atoms with Crippen LogP contribution in [0.15, 0.2) is 0 Å². The van der Waals surface area contributed by atoms with Gasteiger partial charge < -0.3 is 17.3 Å². The zero-order valence-electron chi connectivity index (χ0n) is 8.68. The maximum Gasteiger partial charge on any atom is 0.156 e. The summed E-state index contributed by atoms with van der Waals surface area (Å²) in [5.74, 6) is 1.16. The summed E-state index contributed by atoms with van der Waals surface area (Å²) in [6.45, 7) is 0. The molecule has 0 aromatic carbocycles. The molecule has 1 heterocycles. The van der Waals surface area contributed by atoms with Crippen LogP contribution in [0.2, 0.25) is 0 Å². The van der Waals surface area contributed by atoms with Gasteiger partial charge in [0.15, 0.2) is 5.17 Å². The standard InChI is InChI=1S/C10H18N2S.ClH/c1-12-9(11)13-8-7-10(12)5-3-2-4-6-10;/h11H,2-8H2,1H3;1H/p-1. The molecule has 2 fully saturated rings. The Bertz CT molecular complexity index is 209. The van der Waals surface area contributed by atoms with E-state index in [1.165, 1.54) is 38.5 Å². The van der Waals surface area contributed by atoms with E-state index in [9.17, 15) is 0 Å². The molecule has 0 atom stereocenters. The van der Waals surface area contributed by atoms with Gasteiger partial charge in [0, 0.05) is 18.3 Å². The summed E-state index contributed by atoms with van der Waals surface area (Å²) in [6.07, 6.45) is 8.04. The van der Waals surface area contributed by atoms with Gasteiger partial charge in [0.2, 0.25) is 0 Å². The maximum atomic E-state index is 7.85. The molecule has 14 heavy (non-hydrogen) atoms. The zero-order chi connectivity index (χ0) is 9.31. The first-order chi connectivity index (χ1) is 6.25. The van der Waals surface area contributed by atoms with E-state index in [1.807, 2.05) is 0 Å². The van der Waals surface area contributed by atoms with Crippen molar-refractivity contribution in [2.45, 2.75) is 44.1 Å². The van der Waals surface area contributed by atoms with E-state index >= 15 is 0 Å². The fourth-order valence-corrected chi connectivity index (χ4v) is 3.68. The van der Waals surface area contributed by atoms with E-state index in [0.29, 0.717) is 5.54 Å². The minimum Gasteiger partial charge on any atom is -1.00 e. The van der Waals surface area contributed by atoms with Gasteiger partial charge in [-0.15, -0.1) is 0 Å². The second-order valence-electron chi connectivity index (χ2n) is 4.25. The number of amidine groups is 1. The van der Waals surface area contributed by atoms with E-state index < -0.39 is 0 Å². The van der Waals surface area contributed by atoms with Crippen molar-refractivity contribution in [2.75, 3.05) is 12.8 Å². The maximum absolute atomic E-state index is 7.85. The molecule has 0 aromatic rings. The summed E-state index contributed by atoms with van der Waals surface area (Å²) in [6, 6.07) is 0. The van der Waals surface area contributed by atoms with Crippen LogP contribution in [0.25, 0.3) is 0 Å². The molecule has 1 saturated heterocycles. The SMILES string of the molecule is CN1C(=N)SCCC12CCCCC2.[Cl-]. The van der Waals surface area contributed by atoms with Crippen molar-refractivity contribution in [3.8, 4) is 0 Å². The lowest BCUT2D eigenvalue weighted by molar-refractivity contribution is -0.00000349. The molecule has 1 aliphatic heterocycles. The van der Waals surface area contributed by atoms with E-state index in [0.717, 1.165) is 10.9 Å². The van der Waals surface area contributed by atoms with Crippen LogP contribution in [0, 0.1) is 5.41 Å². The molecule has 0 unspecified atom stereocenters. The predicted octanol–water partition coefficient (Wildman–Crippen LogP) is -0.303. The normalized spacial score (nSPS) is 26.1. The van der Waals surface area contributed by atoms with Gasteiger partial charge in [-0.3, -0.25) is 5.41 Å². The predicted molar refractivity (Wildman–Crippen MR) is 58.4 cm³/mol. The van der Waals surface area contributed by atoms with E-state index in [4.69, 9.17) is 5.41 Å². The van der Waals surface area contributed by atoms with Gasteiger partial charge >= 0.3 is 0 Å². The molecule has 2 aliphatic rings. The van der Waals surface area contributed by atoms with Crippen molar-refractivity contribution in [3.05, 3.63) is 0 Å². The van der Waals surface area contributed by atoms with Crippen molar-refractivity contribution in [2.24, 2.45) is 0 Å². The molecule has 1 spiro atoms. The molecule has 0 aromatic heterocycles. The highest BCUT2D eigenvalue weighted by atomic mass is 35.5. The molecule has 4 heteroatoms. The van der Waals surface area contributed by atoms with Crippen LogP contribution in [0.4, 0.5) is 0 Å². The van der Waals surface area contributed by atoms with Crippen molar-refractivity contribution >= 4 is 16.9 Å². The molecule has 82 valence electrons. The largest absolute Gasteiger partial charge is 1.00 e. The highest BCUT2D eigenvalue weighted by molar-refractivity contribution is 8.13. The minimum atomic E-state index is 0. The first-order valence-corrected chi connectivity index (χ1v) is 6.18. The van der Waals surface area contributed by atoms with Gasteiger partial charge in [0.05, 0.1) is 0 Å². The number of thioether (sulfide) groups is 1. The van der Waals surface area contributed by atoms with Crippen molar-refractivity contribution in [1.29, 1.82) is 5.41 Å². The lowest BCUT2D eigenvalue weighted by atomic mass is 9.78. The average Bonchev–Trinajstić information content (AvgIpc) is 2.16. The van der Waals surface area contributed by atoms with E-state index in [-0.39, 0.29) is 12.4 Å². The Morgan fingerprint density at radius 1 is 1.21 bits per heavy atom. The fraction of sp³-hybridized carbons (Fsp3) is 0.900. The van der Waals surface area contributed by atoms with Gasteiger partial charge in [-0.05, 0) is 19.3 Å². The Hall–Kier alpha value is 0.110. The number of halogens is 1. The monoisotopic (exact) mass is 233 g/mol. The van der Waals surface area contributed by atoms with Gasteiger partial charge in [-0.25, -0.2) is 0 Å². The number of rotatable bonds is 0. The number of nitrogens with zero attached hydrogens (tertiary/aromatic N) is 1. The third kappa shape index (κ3) is 2.03. The van der Waals surface area contributed by atoms with Crippen LogP contribution in [-0.4, -0.2) is 28.4 Å². The summed E-state index contributed by atoms with van der Waals surface area (Å²) in [5.41, 5.74) is 0.376. The van der Waals surface area contributed by atoms with Crippen LogP contribution < -0.4 is 12.4 Å². The first kappa shape index (κ1) is 12.2. The second-order valence-corrected chi connectivity index (χ2v) is 5.33. The third-order valence-corrected chi connectivity index (χ3v) is 4.56. The van der Waals surface area contributed by atoms with Gasteiger partial charge in [-0.2, -0.15) is 0 Å².